The lowest BCUT2D eigenvalue weighted by Crippen LogP contribution is -2.30. The van der Waals surface area contributed by atoms with Gasteiger partial charge in [0, 0.05) is 37.3 Å². The van der Waals surface area contributed by atoms with Gasteiger partial charge in [-0.2, -0.15) is 0 Å². The number of rotatable bonds is 2. The molecule has 3 nitrogen and oxygen atoms in total. The highest BCUT2D eigenvalue weighted by Gasteiger charge is 2.40. The van der Waals surface area contributed by atoms with Crippen molar-refractivity contribution in [3.8, 4) is 0 Å². The normalized spacial score (nSPS) is 28.5. The van der Waals surface area contributed by atoms with Crippen LogP contribution in [0.15, 0.2) is 36.5 Å². The summed E-state index contributed by atoms with van der Waals surface area (Å²) in [6.45, 7) is 3.39. The third-order valence-electron chi connectivity index (χ3n) is 5.04. The zero-order chi connectivity index (χ0) is 13.5. The van der Waals surface area contributed by atoms with Crippen LogP contribution in [0.1, 0.15) is 18.4 Å². The first-order valence-corrected chi connectivity index (χ1v) is 7.61. The lowest BCUT2D eigenvalue weighted by molar-refractivity contribution is 0.298. The van der Waals surface area contributed by atoms with E-state index in [2.05, 4.69) is 34.1 Å². The fourth-order valence-electron chi connectivity index (χ4n) is 3.99. The van der Waals surface area contributed by atoms with Crippen molar-refractivity contribution in [2.45, 2.75) is 25.4 Å². The summed E-state index contributed by atoms with van der Waals surface area (Å²) in [4.78, 5) is 7.11. The van der Waals surface area contributed by atoms with Gasteiger partial charge in [0.25, 0.3) is 0 Å². The van der Waals surface area contributed by atoms with E-state index in [0.29, 0.717) is 6.04 Å². The molecule has 2 aromatic rings. The van der Waals surface area contributed by atoms with Gasteiger partial charge in [-0.05, 0) is 42.4 Å². The van der Waals surface area contributed by atoms with Gasteiger partial charge in [0.1, 0.15) is 0 Å². The second kappa shape index (κ2) is 5.91. The topological polar surface area (TPSA) is 42.1 Å². The molecule has 1 aliphatic heterocycles. The predicted octanol–water partition coefficient (Wildman–Crippen LogP) is 2.83. The first-order valence-electron chi connectivity index (χ1n) is 7.61. The van der Waals surface area contributed by atoms with Crippen LogP contribution in [-0.4, -0.2) is 29.0 Å². The molecule has 0 spiro atoms. The molecule has 4 heteroatoms. The van der Waals surface area contributed by atoms with E-state index in [1.807, 2.05) is 12.3 Å². The minimum atomic E-state index is 0. The standard InChI is InChI=1S/C17H21N3.ClH/c18-16-6-5-14-10-20(11-15(14)16)9-12-7-13-3-1-2-4-17(13)19-8-12;/h1-4,7-8,14-16H,5-6,9-11,18H2;1H. The van der Waals surface area contributed by atoms with Gasteiger partial charge in [0.2, 0.25) is 0 Å². The summed E-state index contributed by atoms with van der Waals surface area (Å²) in [6.07, 6.45) is 4.56. The van der Waals surface area contributed by atoms with Crippen LogP contribution in [0.5, 0.6) is 0 Å². The summed E-state index contributed by atoms with van der Waals surface area (Å²) in [5.41, 5.74) is 8.61. The average molecular weight is 304 g/mol. The minimum absolute atomic E-state index is 0. The Labute approximate surface area is 131 Å². The van der Waals surface area contributed by atoms with Crippen LogP contribution in [0.2, 0.25) is 0 Å². The van der Waals surface area contributed by atoms with Crippen molar-refractivity contribution in [3.63, 3.8) is 0 Å². The lowest BCUT2D eigenvalue weighted by atomic mass is 9.98. The largest absolute Gasteiger partial charge is 0.327 e. The summed E-state index contributed by atoms with van der Waals surface area (Å²) in [6, 6.07) is 11.0. The molecule has 1 aromatic heterocycles. The van der Waals surface area contributed by atoms with Gasteiger partial charge in [-0.1, -0.05) is 18.2 Å². The summed E-state index contributed by atoms with van der Waals surface area (Å²) in [7, 11) is 0. The number of halogens is 1. The SMILES string of the molecule is Cl.NC1CCC2CN(Cc3cnc4ccccc4c3)CC12. The highest BCUT2D eigenvalue weighted by Crippen LogP contribution is 2.37. The summed E-state index contributed by atoms with van der Waals surface area (Å²) in [5, 5.41) is 1.24. The number of pyridine rings is 1. The molecule has 0 bridgehead atoms. The number of fused-ring (bicyclic) bond motifs is 2. The Bertz CT molecular complexity index is 630. The van der Waals surface area contributed by atoms with Crippen LogP contribution in [0.3, 0.4) is 0 Å². The van der Waals surface area contributed by atoms with Crippen molar-refractivity contribution in [1.29, 1.82) is 0 Å². The van der Waals surface area contributed by atoms with Crippen molar-refractivity contribution < 1.29 is 0 Å². The van der Waals surface area contributed by atoms with E-state index in [9.17, 15) is 0 Å². The van der Waals surface area contributed by atoms with Gasteiger partial charge in [-0.25, -0.2) is 0 Å². The Hall–Kier alpha value is -1.16. The summed E-state index contributed by atoms with van der Waals surface area (Å²) < 4.78 is 0. The number of likely N-dealkylation sites (tertiary alicyclic amines) is 1. The van der Waals surface area contributed by atoms with E-state index in [4.69, 9.17) is 5.73 Å². The minimum Gasteiger partial charge on any atom is -0.327 e. The molecule has 2 fully saturated rings. The Morgan fingerprint density at radius 3 is 2.90 bits per heavy atom. The highest BCUT2D eigenvalue weighted by atomic mass is 35.5. The molecule has 21 heavy (non-hydrogen) atoms. The molecule has 2 heterocycles. The Balaban J connectivity index is 0.00000132. The molecular formula is C17H22ClN3. The first-order chi connectivity index (χ1) is 9.79. The Kier molecular flexibility index (Phi) is 4.16. The van der Waals surface area contributed by atoms with Crippen LogP contribution in [0, 0.1) is 11.8 Å². The van der Waals surface area contributed by atoms with E-state index >= 15 is 0 Å². The average Bonchev–Trinajstić information content (AvgIpc) is 3.01. The number of hydrogen-bond donors (Lipinski definition) is 1. The number of para-hydroxylation sites is 1. The van der Waals surface area contributed by atoms with Gasteiger partial charge in [-0.3, -0.25) is 9.88 Å². The number of nitrogens with zero attached hydrogens (tertiary/aromatic N) is 2. The third kappa shape index (κ3) is 2.78. The van der Waals surface area contributed by atoms with Crippen molar-refractivity contribution in [2.24, 2.45) is 17.6 Å². The molecule has 1 saturated heterocycles. The van der Waals surface area contributed by atoms with Gasteiger partial charge in [0.15, 0.2) is 0 Å². The molecule has 112 valence electrons. The molecule has 0 amide bonds. The molecule has 3 unspecified atom stereocenters. The fraction of sp³-hybridized carbons (Fsp3) is 0.471. The Morgan fingerprint density at radius 1 is 1.19 bits per heavy atom. The zero-order valence-electron chi connectivity index (χ0n) is 12.1. The highest BCUT2D eigenvalue weighted by molar-refractivity contribution is 5.85. The maximum atomic E-state index is 6.21. The molecule has 0 radical (unpaired) electrons. The van der Waals surface area contributed by atoms with Gasteiger partial charge in [-0.15, -0.1) is 12.4 Å². The second-order valence-electron chi connectivity index (χ2n) is 6.40. The van der Waals surface area contributed by atoms with Crippen molar-refractivity contribution in [2.75, 3.05) is 13.1 Å². The van der Waals surface area contributed by atoms with E-state index in [0.717, 1.165) is 23.9 Å². The van der Waals surface area contributed by atoms with Crippen LogP contribution >= 0.6 is 12.4 Å². The molecule has 2 N–H and O–H groups in total. The van der Waals surface area contributed by atoms with Gasteiger partial charge < -0.3 is 5.73 Å². The fourth-order valence-corrected chi connectivity index (χ4v) is 3.99. The van der Waals surface area contributed by atoms with Gasteiger partial charge in [0.05, 0.1) is 5.52 Å². The molecule has 1 aliphatic carbocycles. The lowest BCUT2D eigenvalue weighted by Gasteiger charge is -2.18. The molecule has 4 rings (SSSR count). The first kappa shape index (κ1) is 14.8. The number of hydrogen-bond acceptors (Lipinski definition) is 3. The number of nitrogens with two attached hydrogens (primary N) is 1. The maximum Gasteiger partial charge on any atom is 0.0702 e. The summed E-state index contributed by atoms with van der Waals surface area (Å²) >= 11 is 0. The maximum absolute atomic E-state index is 6.21. The smallest absolute Gasteiger partial charge is 0.0702 e. The second-order valence-corrected chi connectivity index (χ2v) is 6.40. The third-order valence-corrected chi connectivity index (χ3v) is 5.04. The molecule has 1 aromatic carbocycles. The van der Waals surface area contributed by atoms with E-state index < -0.39 is 0 Å². The molecular weight excluding hydrogens is 282 g/mol. The van der Waals surface area contributed by atoms with E-state index in [1.54, 1.807) is 0 Å². The van der Waals surface area contributed by atoms with Crippen LogP contribution < -0.4 is 5.73 Å². The van der Waals surface area contributed by atoms with Gasteiger partial charge >= 0.3 is 0 Å². The zero-order valence-corrected chi connectivity index (χ0v) is 12.9. The van der Waals surface area contributed by atoms with Crippen molar-refractivity contribution in [3.05, 3.63) is 42.1 Å². The van der Waals surface area contributed by atoms with E-state index in [-0.39, 0.29) is 12.4 Å². The number of benzene rings is 1. The monoisotopic (exact) mass is 303 g/mol. The summed E-state index contributed by atoms with van der Waals surface area (Å²) in [5.74, 6) is 1.56. The molecule has 2 aliphatic rings. The van der Waals surface area contributed by atoms with Crippen molar-refractivity contribution in [1.82, 2.24) is 9.88 Å². The van der Waals surface area contributed by atoms with Crippen molar-refractivity contribution >= 4 is 23.3 Å². The van der Waals surface area contributed by atoms with Crippen LogP contribution in [0.25, 0.3) is 10.9 Å². The van der Waals surface area contributed by atoms with E-state index in [1.165, 1.54) is 36.9 Å². The Morgan fingerprint density at radius 2 is 2.05 bits per heavy atom. The number of aromatic nitrogens is 1. The molecule has 1 saturated carbocycles. The van der Waals surface area contributed by atoms with Crippen LogP contribution in [-0.2, 0) is 6.54 Å². The molecule has 3 atom stereocenters. The van der Waals surface area contributed by atoms with Crippen LogP contribution in [0.4, 0.5) is 0 Å². The predicted molar refractivity (Wildman–Crippen MR) is 88.5 cm³/mol. The quantitative estimate of drug-likeness (QED) is 0.927.